The third-order valence-corrected chi connectivity index (χ3v) is 2.78. The van der Waals surface area contributed by atoms with Gasteiger partial charge in [-0.15, -0.1) is 0 Å². The third-order valence-electron chi connectivity index (χ3n) is 2.78. The van der Waals surface area contributed by atoms with Gasteiger partial charge in [0.25, 0.3) is 0 Å². The van der Waals surface area contributed by atoms with E-state index in [9.17, 15) is 14.7 Å². The standard InChI is InChI=1S/C16H20O4/c1-2-3-4-5-12-20-14-8-6-13(7-9-14)15(17)10-11-16(18)19/h6-11H,2-5,12H2,1H3,(H,18,19)/p-1/b11-10+. The van der Waals surface area contributed by atoms with Crippen LogP contribution in [-0.4, -0.2) is 18.4 Å². The molecule has 0 N–H and O–H groups in total. The van der Waals surface area contributed by atoms with E-state index in [4.69, 9.17) is 4.74 Å². The summed E-state index contributed by atoms with van der Waals surface area (Å²) in [5.41, 5.74) is 0.417. The summed E-state index contributed by atoms with van der Waals surface area (Å²) in [6.45, 7) is 2.82. The van der Waals surface area contributed by atoms with Crippen LogP contribution in [-0.2, 0) is 4.79 Å². The fourth-order valence-electron chi connectivity index (χ4n) is 1.67. The molecule has 0 bridgehead atoms. The van der Waals surface area contributed by atoms with Gasteiger partial charge in [0.2, 0.25) is 0 Å². The summed E-state index contributed by atoms with van der Waals surface area (Å²) in [6, 6.07) is 6.65. The number of carbonyl (C=O) groups is 2. The first-order chi connectivity index (χ1) is 9.63. The van der Waals surface area contributed by atoms with Crippen LogP contribution >= 0.6 is 0 Å². The number of allylic oxidation sites excluding steroid dienone is 1. The smallest absolute Gasteiger partial charge is 0.185 e. The highest BCUT2D eigenvalue weighted by Crippen LogP contribution is 2.13. The van der Waals surface area contributed by atoms with E-state index in [2.05, 4.69) is 6.92 Å². The zero-order chi connectivity index (χ0) is 14.8. The molecule has 0 atom stereocenters. The molecule has 1 aromatic rings. The minimum atomic E-state index is -1.38. The van der Waals surface area contributed by atoms with Crippen molar-refractivity contribution in [1.82, 2.24) is 0 Å². The van der Waals surface area contributed by atoms with E-state index in [0.717, 1.165) is 25.0 Å². The molecule has 0 saturated heterocycles. The molecule has 0 radical (unpaired) electrons. The largest absolute Gasteiger partial charge is 0.545 e. The Morgan fingerprint density at radius 1 is 1.10 bits per heavy atom. The summed E-state index contributed by atoms with van der Waals surface area (Å²) in [4.78, 5) is 21.8. The number of rotatable bonds is 9. The quantitative estimate of drug-likeness (QED) is 0.393. The van der Waals surface area contributed by atoms with Gasteiger partial charge in [0.1, 0.15) is 5.75 Å². The van der Waals surface area contributed by atoms with Gasteiger partial charge in [0, 0.05) is 5.56 Å². The Bertz CT molecular complexity index is 460. The third kappa shape index (κ3) is 6.18. The highest BCUT2D eigenvalue weighted by molar-refractivity contribution is 6.06. The van der Waals surface area contributed by atoms with Crippen molar-refractivity contribution in [2.75, 3.05) is 6.61 Å². The number of carboxylic acids is 1. The molecule has 0 saturated carbocycles. The predicted molar refractivity (Wildman–Crippen MR) is 74.6 cm³/mol. The van der Waals surface area contributed by atoms with Crippen molar-refractivity contribution in [2.24, 2.45) is 0 Å². The van der Waals surface area contributed by atoms with Crippen molar-refractivity contribution in [3.63, 3.8) is 0 Å². The Labute approximate surface area is 119 Å². The van der Waals surface area contributed by atoms with E-state index in [0.29, 0.717) is 17.9 Å². The van der Waals surface area contributed by atoms with Crippen molar-refractivity contribution < 1.29 is 19.4 Å². The van der Waals surface area contributed by atoms with Crippen LogP contribution in [0.5, 0.6) is 5.75 Å². The topological polar surface area (TPSA) is 66.4 Å². The van der Waals surface area contributed by atoms with E-state index >= 15 is 0 Å². The highest BCUT2D eigenvalue weighted by Gasteiger charge is 2.02. The predicted octanol–water partition coefficient (Wildman–Crippen LogP) is 2.13. The lowest BCUT2D eigenvalue weighted by molar-refractivity contribution is -0.297. The van der Waals surface area contributed by atoms with Crippen LogP contribution < -0.4 is 9.84 Å². The summed E-state index contributed by atoms with van der Waals surface area (Å²) in [5.74, 6) is -1.05. The van der Waals surface area contributed by atoms with Gasteiger partial charge in [-0.1, -0.05) is 26.2 Å². The van der Waals surface area contributed by atoms with Crippen LogP contribution in [0.1, 0.15) is 43.0 Å². The lowest BCUT2D eigenvalue weighted by Crippen LogP contribution is -2.19. The Morgan fingerprint density at radius 3 is 2.40 bits per heavy atom. The molecule has 0 aliphatic heterocycles. The second-order valence-corrected chi connectivity index (χ2v) is 4.45. The highest BCUT2D eigenvalue weighted by atomic mass is 16.5. The van der Waals surface area contributed by atoms with Gasteiger partial charge >= 0.3 is 0 Å². The maximum absolute atomic E-state index is 11.6. The number of ketones is 1. The second-order valence-electron chi connectivity index (χ2n) is 4.45. The minimum absolute atomic E-state index is 0.372. The first-order valence-corrected chi connectivity index (χ1v) is 6.79. The summed E-state index contributed by atoms with van der Waals surface area (Å²) in [5, 5.41) is 10.2. The summed E-state index contributed by atoms with van der Waals surface area (Å²) in [6.07, 6.45) is 6.28. The van der Waals surface area contributed by atoms with Crippen molar-refractivity contribution in [1.29, 1.82) is 0 Å². The molecule has 108 valence electrons. The van der Waals surface area contributed by atoms with Crippen molar-refractivity contribution in [2.45, 2.75) is 32.6 Å². The maximum Gasteiger partial charge on any atom is 0.185 e. The zero-order valence-electron chi connectivity index (χ0n) is 11.6. The zero-order valence-corrected chi connectivity index (χ0v) is 11.6. The Balaban J connectivity index is 2.43. The summed E-state index contributed by atoms with van der Waals surface area (Å²) < 4.78 is 5.55. The van der Waals surface area contributed by atoms with Gasteiger partial charge in [-0.2, -0.15) is 0 Å². The number of hydrogen-bond acceptors (Lipinski definition) is 4. The summed E-state index contributed by atoms with van der Waals surface area (Å²) >= 11 is 0. The number of carbonyl (C=O) groups excluding carboxylic acids is 2. The Kier molecular flexibility index (Phi) is 7.11. The van der Waals surface area contributed by atoms with E-state index in [1.165, 1.54) is 12.8 Å². The molecule has 0 unspecified atom stereocenters. The number of hydrogen-bond donors (Lipinski definition) is 0. The number of aliphatic carboxylic acids is 1. The Morgan fingerprint density at radius 2 is 1.80 bits per heavy atom. The molecule has 1 rings (SSSR count). The van der Waals surface area contributed by atoms with Crippen LogP contribution in [0.2, 0.25) is 0 Å². The van der Waals surface area contributed by atoms with E-state index in [1.807, 2.05) is 0 Å². The number of carboxylic acid groups (broad SMARTS) is 1. The molecular weight excluding hydrogens is 256 g/mol. The maximum atomic E-state index is 11.6. The van der Waals surface area contributed by atoms with E-state index in [-0.39, 0.29) is 5.78 Å². The monoisotopic (exact) mass is 275 g/mol. The van der Waals surface area contributed by atoms with Gasteiger partial charge < -0.3 is 14.6 Å². The van der Waals surface area contributed by atoms with Crippen molar-refractivity contribution >= 4 is 11.8 Å². The molecule has 0 aliphatic carbocycles. The molecule has 0 fully saturated rings. The van der Waals surface area contributed by atoms with E-state index in [1.54, 1.807) is 24.3 Å². The Hall–Kier alpha value is -2.10. The number of ether oxygens (including phenoxy) is 1. The average molecular weight is 275 g/mol. The molecule has 0 aromatic heterocycles. The van der Waals surface area contributed by atoms with E-state index < -0.39 is 5.97 Å². The van der Waals surface area contributed by atoms with Crippen molar-refractivity contribution in [3.05, 3.63) is 42.0 Å². The normalized spacial score (nSPS) is 10.7. The molecular formula is C16H19O4-. The molecule has 0 aliphatic rings. The first-order valence-electron chi connectivity index (χ1n) is 6.79. The number of unbranched alkanes of at least 4 members (excludes halogenated alkanes) is 3. The summed E-state index contributed by atoms with van der Waals surface area (Å²) in [7, 11) is 0. The fraction of sp³-hybridized carbons (Fsp3) is 0.375. The van der Waals surface area contributed by atoms with Gasteiger partial charge in [-0.25, -0.2) is 0 Å². The fourth-order valence-corrected chi connectivity index (χ4v) is 1.67. The lowest BCUT2D eigenvalue weighted by atomic mass is 10.1. The molecule has 0 heterocycles. The first kappa shape index (κ1) is 16.0. The van der Waals surface area contributed by atoms with Crippen LogP contribution in [0, 0.1) is 0 Å². The molecule has 0 amide bonds. The van der Waals surface area contributed by atoms with Gasteiger partial charge in [0.15, 0.2) is 5.78 Å². The van der Waals surface area contributed by atoms with Gasteiger partial charge in [-0.3, -0.25) is 4.79 Å². The minimum Gasteiger partial charge on any atom is -0.545 e. The lowest BCUT2D eigenvalue weighted by Gasteiger charge is -2.06. The molecule has 1 aromatic carbocycles. The SMILES string of the molecule is CCCCCCOc1ccc(C(=O)/C=C/C(=O)[O-])cc1. The molecule has 4 heteroatoms. The van der Waals surface area contributed by atoms with Gasteiger partial charge in [-0.05, 0) is 42.8 Å². The number of benzene rings is 1. The van der Waals surface area contributed by atoms with Crippen LogP contribution in [0.15, 0.2) is 36.4 Å². The van der Waals surface area contributed by atoms with Crippen molar-refractivity contribution in [3.8, 4) is 5.75 Å². The van der Waals surface area contributed by atoms with Crippen LogP contribution in [0.25, 0.3) is 0 Å². The van der Waals surface area contributed by atoms with Gasteiger partial charge in [0.05, 0.1) is 12.6 Å². The second kappa shape index (κ2) is 8.91. The van der Waals surface area contributed by atoms with Crippen LogP contribution in [0.3, 0.4) is 0 Å². The molecule has 20 heavy (non-hydrogen) atoms. The molecule has 0 spiro atoms. The van der Waals surface area contributed by atoms with Crippen LogP contribution in [0.4, 0.5) is 0 Å². The molecule has 4 nitrogen and oxygen atoms in total. The average Bonchev–Trinajstić information content (AvgIpc) is 2.45.